The number of carbonyl (C=O) groups excluding carboxylic acids is 1. The summed E-state index contributed by atoms with van der Waals surface area (Å²) in [6.07, 6.45) is 5.36. The lowest BCUT2D eigenvalue weighted by Gasteiger charge is -2.08. The molecule has 6 heteroatoms. The van der Waals surface area contributed by atoms with E-state index in [0.29, 0.717) is 18.8 Å². The summed E-state index contributed by atoms with van der Waals surface area (Å²) in [5, 5.41) is 6.31. The summed E-state index contributed by atoms with van der Waals surface area (Å²) in [5.41, 5.74) is 0. The van der Waals surface area contributed by atoms with Crippen molar-refractivity contribution in [3.8, 4) is 0 Å². The molecule has 0 aliphatic heterocycles. The highest BCUT2D eigenvalue weighted by molar-refractivity contribution is 5.69. The Labute approximate surface area is 114 Å². The maximum absolute atomic E-state index is 11.0. The number of aromatic nitrogens is 2. The molecule has 0 unspecified atom stereocenters. The van der Waals surface area contributed by atoms with Crippen LogP contribution in [0.5, 0.6) is 0 Å². The van der Waals surface area contributed by atoms with Crippen LogP contribution in [-0.4, -0.2) is 36.1 Å². The van der Waals surface area contributed by atoms with E-state index < -0.39 is 0 Å². The second-order valence-corrected chi connectivity index (χ2v) is 4.18. The number of hydrogen-bond acceptors (Lipinski definition) is 6. The van der Waals surface area contributed by atoms with Crippen molar-refractivity contribution in [3.05, 3.63) is 12.4 Å². The summed E-state index contributed by atoms with van der Waals surface area (Å²) in [6.45, 7) is 3.58. The topological polar surface area (TPSA) is 76.1 Å². The number of nitrogens with one attached hydrogen (secondary N) is 2. The molecule has 0 radical (unpaired) electrons. The minimum absolute atomic E-state index is 0.237. The van der Waals surface area contributed by atoms with Gasteiger partial charge in [0, 0.05) is 19.2 Å². The Morgan fingerprint density at radius 2 is 1.89 bits per heavy atom. The third-order valence-electron chi connectivity index (χ3n) is 2.62. The van der Waals surface area contributed by atoms with E-state index in [1.54, 1.807) is 0 Å². The maximum Gasteiger partial charge on any atom is 0.307 e. The van der Waals surface area contributed by atoms with Crippen molar-refractivity contribution in [2.24, 2.45) is 0 Å². The molecule has 0 saturated heterocycles. The van der Waals surface area contributed by atoms with Crippen molar-refractivity contribution in [2.75, 3.05) is 30.8 Å². The van der Waals surface area contributed by atoms with Gasteiger partial charge in [-0.2, -0.15) is 0 Å². The van der Waals surface area contributed by atoms with Gasteiger partial charge in [-0.15, -0.1) is 0 Å². The fourth-order valence-electron chi connectivity index (χ4n) is 1.54. The molecule has 1 heterocycles. The van der Waals surface area contributed by atoms with Crippen LogP contribution in [0.4, 0.5) is 11.6 Å². The van der Waals surface area contributed by atoms with Crippen molar-refractivity contribution >= 4 is 17.6 Å². The molecular formula is C13H22N4O2. The molecule has 0 saturated carbocycles. The van der Waals surface area contributed by atoms with Gasteiger partial charge in [0.05, 0.1) is 13.5 Å². The lowest BCUT2D eigenvalue weighted by atomic mass is 10.2. The van der Waals surface area contributed by atoms with Crippen LogP contribution in [0.25, 0.3) is 0 Å². The molecule has 1 rings (SSSR count). The number of rotatable bonds is 9. The van der Waals surface area contributed by atoms with Crippen molar-refractivity contribution in [2.45, 2.75) is 32.6 Å². The Morgan fingerprint density at radius 3 is 2.53 bits per heavy atom. The smallest absolute Gasteiger partial charge is 0.307 e. The van der Waals surface area contributed by atoms with Crippen LogP contribution in [0, 0.1) is 0 Å². The van der Waals surface area contributed by atoms with Crippen LogP contribution in [0.2, 0.25) is 0 Å². The molecule has 19 heavy (non-hydrogen) atoms. The van der Waals surface area contributed by atoms with Gasteiger partial charge in [-0.1, -0.05) is 19.8 Å². The lowest BCUT2D eigenvalue weighted by Crippen LogP contribution is -2.11. The summed E-state index contributed by atoms with van der Waals surface area (Å²) in [5.74, 6) is 1.27. The molecule has 0 bridgehead atoms. The van der Waals surface area contributed by atoms with Crippen LogP contribution in [0.15, 0.2) is 12.4 Å². The molecule has 0 fully saturated rings. The van der Waals surface area contributed by atoms with Crippen LogP contribution < -0.4 is 10.6 Å². The Balaban J connectivity index is 2.32. The number of ether oxygens (including phenoxy) is 1. The van der Waals surface area contributed by atoms with E-state index in [-0.39, 0.29) is 5.97 Å². The molecule has 0 atom stereocenters. The summed E-state index contributed by atoms with van der Waals surface area (Å²) in [7, 11) is 1.38. The van der Waals surface area contributed by atoms with E-state index in [2.05, 4.69) is 32.3 Å². The fourth-order valence-corrected chi connectivity index (χ4v) is 1.54. The second kappa shape index (κ2) is 9.13. The van der Waals surface area contributed by atoms with Gasteiger partial charge < -0.3 is 15.4 Å². The molecule has 2 N–H and O–H groups in total. The summed E-state index contributed by atoms with van der Waals surface area (Å²) >= 11 is 0. The minimum atomic E-state index is -0.237. The molecule has 0 amide bonds. The standard InChI is InChI=1S/C13H22N4O2/c1-3-4-5-7-14-11-9-12(17-10-16-11)15-8-6-13(18)19-2/h9-10H,3-8H2,1-2H3,(H2,14,15,16,17). The molecular weight excluding hydrogens is 244 g/mol. The van der Waals surface area contributed by atoms with Crippen molar-refractivity contribution in [3.63, 3.8) is 0 Å². The van der Waals surface area contributed by atoms with Crippen molar-refractivity contribution in [1.29, 1.82) is 0 Å². The fraction of sp³-hybridized carbons (Fsp3) is 0.615. The number of esters is 1. The van der Waals surface area contributed by atoms with E-state index in [0.717, 1.165) is 18.8 Å². The van der Waals surface area contributed by atoms with Gasteiger partial charge in [0.25, 0.3) is 0 Å². The Kier molecular flexibility index (Phi) is 7.31. The van der Waals surface area contributed by atoms with E-state index in [9.17, 15) is 4.79 Å². The van der Waals surface area contributed by atoms with E-state index in [1.165, 1.54) is 26.3 Å². The quantitative estimate of drug-likeness (QED) is 0.526. The zero-order chi connectivity index (χ0) is 13.9. The van der Waals surface area contributed by atoms with Gasteiger partial charge >= 0.3 is 5.97 Å². The van der Waals surface area contributed by atoms with Gasteiger partial charge in [0.15, 0.2) is 0 Å². The second-order valence-electron chi connectivity index (χ2n) is 4.18. The maximum atomic E-state index is 11.0. The van der Waals surface area contributed by atoms with E-state index in [1.807, 2.05) is 6.07 Å². The SMILES string of the molecule is CCCCCNc1cc(NCCC(=O)OC)ncn1. The van der Waals surface area contributed by atoms with E-state index in [4.69, 9.17) is 0 Å². The Hall–Kier alpha value is -1.85. The molecule has 106 valence electrons. The average molecular weight is 266 g/mol. The largest absolute Gasteiger partial charge is 0.469 e. The molecule has 1 aromatic rings. The normalized spacial score (nSPS) is 10.0. The molecule has 0 aromatic carbocycles. The number of methoxy groups -OCH3 is 1. The number of anilines is 2. The summed E-state index contributed by atoms with van der Waals surface area (Å²) in [4.78, 5) is 19.2. The first-order valence-corrected chi connectivity index (χ1v) is 6.63. The van der Waals surface area contributed by atoms with Gasteiger partial charge in [-0.3, -0.25) is 4.79 Å². The zero-order valence-corrected chi connectivity index (χ0v) is 11.6. The van der Waals surface area contributed by atoms with Gasteiger partial charge in [-0.05, 0) is 6.42 Å². The summed E-state index contributed by atoms with van der Waals surface area (Å²) in [6, 6.07) is 1.84. The van der Waals surface area contributed by atoms with Crippen LogP contribution in [0.1, 0.15) is 32.6 Å². The number of carbonyl (C=O) groups is 1. The first-order valence-electron chi connectivity index (χ1n) is 6.63. The van der Waals surface area contributed by atoms with Crippen LogP contribution >= 0.6 is 0 Å². The van der Waals surface area contributed by atoms with Gasteiger partial charge in [0.1, 0.15) is 18.0 Å². The third kappa shape index (κ3) is 6.59. The highest BCUT2D eigenvalue weighted by atomic mass is 16.5. The number of nitrogens with zero attached hydrogens (tertiary/aromatic N) is 2. The van der Waals surface area contributed by atoms with Crippen molar-refractivity contribution in [1.82, 2.24) is 9.97 Å². The average Bonchev–Trinajstić information content (AvgIpc) is 2.44. The lowest BCUT2D eigenvalue weighted by molar-refractivity contribution is -0.140. The Bertz CT molecular complexity index is 385. The first kappa shape index (κ1) is 15.2. The van der Waals surface area contributed by atoms with Gasteiger partial charge in [0.2, 0.25) is 0 Å². The molecule has 0 spiro atoms. The molecule has 0 aliphatic carbocycles. The number of hydrogen-bond donors (Lipinski definition) is 2. The highest BCUT2D eigenvalue weighted by Crippen LogP contribution is 2.09. The highest BCUT2D eigenvalue weighted by Gasteiger charge is 2.01. The van der Waals surface area contributed by atoms with E-state index >= 15 is 0 Å². The zero-order valence-electron chi connectivity index (χ0n) is 11.6. The van der Waals surface area contributed by atoms with Crippen molar-refractivity contribution < 1.29 is 9.53 Å². The first-order chi connectivity index (χ1) is 9.26. The van der Waals surface area contributed by atoms with Crippen LogP contribution in [-0.2, 0) is 9.53 Å². The Morgan fingerprint density at radius 1 is 1.21 bits per heavy atom. The molecule has 1 aromatic heterocycles. The third-order valence-corrected chi connectivity index (χ3v) is 2.62. The monoisotopic (exact) mass is 266 g/mol. The molecule has 0 aliphatic rings. The minimum Gasteiger partial charge on any atom is -0.469 e. The predicted octanol–water partition coefficient (Wildman–Crippen LogP) is 2.05. The summed E-state index contributed by atoms with van der Waals surface area (Å²) < 4.78 is 4.56. The number of unbranched alkanes of at least 4 members (excludes halogenated alkanes) is 2. The van der Waals surface area contributed by atoms with Gasteiger partial charge in [-0.25, -0.2) is 9.97 Å². The predicted molar refractivity (Wildman–Crippen MR) is 75.2 cm³/mol. The van der Waals surface area contributed by atoms with Crippen LogP contribution in [0.3, 0.4) is 0 Å². The molecule has 6 nitrogen and oxygen atoms in total.